The van der Waals surface area contributed by atoms with Crippen LogP contribution in [0.15, 0.2) is 23.8 Å². The molecule has 0 aromatic rings. The van der Waals surface area contributed by atoms with Crippen LogP contribution in [0.4, 0.5) is 0 Å². The molecule has 2 heteroatoms. The SMILES string of the molecule is O=C(O)/C=C/C=C1CCCC1. The lowest BCUT2D eigenvalue weighted by Crippen LogP contribution is -1.84. The van der Waals surface area contributed by atoms with E-state index in [4.69, 9.17) is 5.11 Å². The monoisotopic (exact) mass is 152 g/mol. The third kappa shape index (κ3) is 3.03. The molecule has 0 heterocycles. The van der Waals surface area contributed by atoms with E-state index in [1.807, 2.05) is 6.08 Å². The Labute approximate surface area is 66.2 Å². The largest absolute Gasteiger partial charge is 0.478 e. The first kappa shape index (κ1) is 8.05. The van der Waals surface area contributed by atoms with Crippen LogP contribution in [-0.4, -0.2) is 11.1 Å². The molecule has 0 atom stereocenters. The van der Waals surface area contributed by atoms with Gasteiger partial charge in [-0.25, -0.2) is 4.79 Å². The lowest BCUT2D eigenvalue weighted by molar-refractivity contribution is -0.131. The number of rotatable bonds is 2. The van der Waals surface area contributed by atoms with E-state index in [0.717, 1.165) is 12.8 Å². The van der Waals surface area contributed by atoms with Crippen LogP contribution in [0, 0.1) is 0 Å². The van der Waals surface area contributed by atoms with Crippen LogP contribution >= 0.6 is 0 Å². The summed E-state index contributed by atoms with van der Waals surface area (Å²) < 4.78 is 0. The summed E-state index contributed by atoms with van der Waals surface area (Å²) in [4.78, 5) is 10.1. The van der Waals surface area contributed by atoms with Crippen molar-refractivity contribution in [3.05, 3.63) is 23.8 Å². The number of hydrogen-bond acceptors (Lipinski definition) is 1. The van der Waals surface area contributed by atoms with Gasteiger partial charge in [0.05, 0.1) is 0 Å². The molecule has 0 amide bonds. The van der Waals surface area contributed by atoms with Gasteiger partial charge < -0.3 is 5.11 Å². The molecular weight excluding hydrogens is 140 g/mol. The molecule has 60 valence electrons. The molecule has 1 aliphatic rings. The highest BCUT2D eigenvalue weighted by molar-refractivity contribution is 5.80. The van der Waals surface area contributed by atoms with Crippen molar-refractivity contribution in [1.29, 1.82) is 0 Å². The average molecular weight is 152 g/mol. The van der Waals surface area contributed by atoms with Crippen LogP contribution in [0.25, 0.3) is 0 Å². The Bertz CT molecular complexity index is 194. The maximum atomic E-state index is 10.1. The van der Waals surface area contributed by atoms with E-state index in [1.165, 1.54) is 24.5 Å². The molecule has 1 rings (SSSR count). The van der Waals surface area contributed by atoms with Gasteiger partial charge in [0.15, 0.2) is 0 Å². The summed E-state index contributed by atoms with van der Waals surface area (Å²) in [7, 11) is 0. The first-order valence-electron chi connectivity index (χ1n) is 3.88. The third-order valence-electron chi connectivity index (χ3n) is 1.82. The molecular formula is C9H12O2. The summed E-state index contributed by atoms with van der Waals surface area (Å²) in [6.07, 6.45) is 9.50. The minimum atomic E-state index is -0.875. The van der Waals surface area contributed by atoms with Gasteiger partial charge in [-0.15, -0.1) is 0 Å². The molecule has 0 radical (unpaired) electrons. The molecule has 2 nitrogen and oxygen atoms in total. The lowest BCUT2D eigenvalue weighted by Gasteiger charge is -1.88. The van der Waals surface area contributed by atoms with E-state index in [0.29, 0.717) is 0 Å². The van der Waals surface area contributed by atoms with Gasteiger partial charge in [-0.2, -0.15) is 0 Å². The molecule has 0 aromatic carbocycles. The van der Waals surface area contributed by atoms with Gasteiger partial charge >= 0.3 is 5.97 Å². The molecule has 0 spiro atoms. The van der Waals surface area contributed by atoms with Crippen molar-refractivity contribution in [2.45, 2.75) is 25.7 Å². The van der Waals surface area contributed by atoms with E-state index in [-0.39, 0.29) is 0 Å². The predicted octanol–water partition coefficient (Wildman–Crippen LogP) is 2.13. The zero-order valence-electron chi connectivity index (χ0n) is 6.42. The van der Waals surface area contributed by atoms with Crippen molar-refractivity contribution in [3.63, 3.8) is 0 Å². The van der Waals surface area contributed by atoms with Crippen molar-refractivity contribution in [2.24, 2.45) is 0 Å². The molecule has 0 aliphatic heterocycles. The van der Waals surface area contributed by atoms with E-state index in [2.05, 4.69) is 0 Å². The first-order chi connectivity index (χ1) is 5.29. The standard InChI is InChI=1S/C9H12O2/c10-9(11)7-3-6-8-4-1-2-5-8/h3,6-7H,1-2,4-5H2,(H,10,11)/b7-3+. The lowest BCUT2D eigenvalue weighted by atomic mass is 10.2. The van der Waals surface area contributed by atoms with Crippen molar-refractivity contribution in [2.75, 3.05) is 0 Å². The van der Waals surface area contributed by atoms with Crippen LogP contribution in [-0.2, 0) is 4.79 Å². The fourth-order valence-electron chi connectivity index (χ4n) is 1.26. The molecule has 1 N–H and O–H groups in total. The number of carboxylic acids is 1. The van der Waals surface area contributed by atoms with Gasteiger partial charge in [0, 0.05) is 6.08 Å². The fourth-order valence-corrected chi connectivity index (χ4v) is 1.26. The molecule has 0 aromatic heterocycles. The average Bonchev–Trinajstić information content (AvgIpc) is 2.39. The molecule has 11 heavy (non-hydrogen) atoms. The van der Waals surface area contributed by atoms with E-state index in [1.54, 1.807) is 6.08 Å². The van der Waals surface area contributed by atoms with Gasteiger partial charge in [0.2, 0.25) is 0 Å². The highest BCUT2D eigenvalue weighted by Crippen LogP contribution is 2.23. The molecule has 1 saturated carbocycles. The quantitative estimate of drug-likeness (QED) is 0.615. The maximum absolute atomic E-state index is 10.1. The van der Waals surface area contributed by atoms with Gasteiger partial charge in [0.25, 0.3) is 0 Å². The Morgan fingerprint density at radius 3 is 2.55 bits per heavy atom. The summed E-state index contributed by atoms with van der Waals surface area (Å²) >= 11 is 0. The minimum Gasteiger partial charge on any atom is -0.478 e. The van der Waals surface area contributed by atoms with Gasteiger partial charge in [-0.3, -0.25) is 0 Å². The fraction of sp³-hybridized carbons (Fsp3) is 0.444. The van der Waals surface area contributed by atoms with Crippen LogP contribution in [0.3, 0.4) is 0 Å². The predicted molar refractivity (Wildman–Crippen MR) is 43.3 cm³/mol. The Hall–Kier alpha value is -1.05. The molecule has 1 aliphatic carbocycles. The van der Waals surface area contributed by atoms with Gasteiger partial charge in [0.1, 0.15) is 0 Å². The Morgan fingerprint density at radius 1 is 1.36 bits per heavy atom. The second kappa shape index (κ2) is 3.96. The number of hydrogen-bond donors (Lipinski definition) is 1. The number of aliphatic carboxylic acids is 1. The number of carbonyl (C=O) groups is 1. The third-order valence-corrected chi connectivity index (χ3v) is 1.82. The normalized spacial score (nSPS) is 17.6. The summed E-state index contributed by atoms with van der Waals surface area (Å²) in [5, 5.41) is 8.27. The zero-order chi connectivity index (χ0) is 8.10. The highest BCUT2D eigenvalue weighted by atomic mass is 16.4. The second-order valence-electron chi connectivity index (χ2n) is 2.73. The van der Waals surface area contributed by atoms with E-state index < -0.39 is 5.97 Å². The van der Waals surface area contributed by atoms with Crippen molar-refractivity contribution < 1.29 is 9.90 Å². The summed E-state index contributed by atoms with van der Waals surface area (Å²) in [5.74, 6) is -0.875. The zero-order valence-corrected chi connectivity index (χ0v) is 6.42. The number of allylic oxidation sites excluding steroid dienone is 3. The maximum Gasteiger partial charge on any atom is 0.328 e. The van der Waals surface area contributed by atoms with Crippen molar-refractivity contribution in [1.82, 2.24) is 0 Å². The van der Waals surface area contributed by atoms with Crippen molar-refractivity contribution in [3.8, 4) is 0 Å². The second-order valence-corrected chi connectivity index (χ2v) is 2.73. The minimum absolute atomic E-state index is 0.875. The van der Waals surface area contributed by atoms with Crippen molar-refractivity contribution >= 4 is 5.97 Å². The van der Waals surface area contributed by atoms with Gasteiger partial charge in [-0.1, -0.05) is 17.7 Å². The van der Waals surface area contributed by atoms with Crippen LogP contribution in [0.1, 0.15) is 25.7 Å². The molecule has 0 saturated heterocycles. The summed E-state index contributed by atoms with van der Waals surface area (Å²) in [6, 6.07) is 0. The highest BCUT2D eigenvalue weighted by Gasteiger charge is 2.03. The Morgan fingerprint density at radius 2 is 2.00 bits per heavy atom. The van der Waals surface area contributed by atoms with Crippen LogP contribution < -0.4 is 0 Å². The Kier molecular flexibility index (Phi) is 2.90. The Balaban J connectivity index is 2.39. The molecule has 0 unspecified atom stereocenters. The number of carboxylic acid groups (broad SMARTS) is 1. The topological polar surface area (TPSA) is 37.3 Å². The molecule has 1 fully saturated rings. The van der Waals surface area contributed by atoms with E-state index in [9.17, 15) is 4.79 Å². The first-order valence-corrected chi connectivity index (χ1v) is 3.88. The smallest absolute Gasteiger partial charge is 0.328 e. The van der Waals surface area contributed by atoms with Crippen LogP contribution in [0.2, 0.25) is 0 Å². The summed E-state index contributed by atoms with van der Waals surface area (Å²) in [5.41, 5.74) is 1.38. The molecule has 0 bridgehead atoms. The van der Waals surface area contributed by atoms with Crippen LogP contribution in [0.5, 0.6) is 0 Å². The van der Waals surface area contributed by atoms with Gasteiger partial charge in [-0.05, 0) is 25.7 Å². The summed E-state index contributed by atoms with van der Waals surface area (Å²) in [6.45, 7) is 0. The van der Waals surface area contributed by atoms with E-state index >= 15 is 0 Å².